The van der Waals surface area contributed by atoms with Crippen LogP contribution in [-0.2, 0) is 4.74 Å². The van der Waals surface area contributed by atoms with Crippen molar-refractivity contribution in [2.75, 3.05) is 6.61 Å². The number of rotatable bonds is 2. The summed E-state index contributed by atoms with van der Waals surface area (Å²) in [7, 11) is 0. The SMILES string of the molecule is CCOC(=O)N1C(C)=Cc2ccccc2C1c1cc2ccccc2o1. The lowest BCUT2D eigenvalue weighted by Crippen LogP contribution is -2.36. The first-order valence-electron chi connectivity index (χ1n) is 8.40. The maximum Gasteiger partial charge on any atom is 0.414 e. The van der Waals surface area contributed by atoms with Gasteiger partial charge in [0.05, 0.1) is 6.61 Å². The number of benzene rings is 2. The van der Waals surface area contributed by atoms with E-state index in [1.54, 1.807) is 4.90 Å². The molecule has 2 aromatic carbocycles. The molecule has 0 bridgehead atoms. The van der Waals surface area contributed by atoms with Crippen LogP contribution in [0.4, 0.5) is 4.79 Å². The van der Waals surface area contributed by atoms with Crippen LogP contribution in [0.25, 0.3) is 17.0 Å². The van der Waals surface area contributed by atoms with Crippen molar-refractivity contribution in [2.45, 2.75) is 19.9 Å². The number of furan rings is 1. The average molecular weight is 333 g/mol. The first kappa shape index (κ1) is 15.5. The minimum atomic E-state index is -0.365. The van der Waals surface area contributed by atoms with E-state index >= 15 is 0 Å². The second-order valence-electron chi connectivity index (χ2n) is 6.07. The van der Waals surface area contributed by atoms with Crippen LogP contribution in [0.1, 0.15) is 36.8 Å². The van der Waals surface area contributed by atoms with Crippen molar-refractivity contribution in [3.8, 4) is 0 Å². The standard InChI is InChI=1S/C21H19NO3/c1-3-24-21(23)22-14(2)12-15-8-4-6-10-17(15)20(22)19-13-16-9-5-7-11-18(16)25-19/h4-13,20H,3H2,1-2H3. The summed E-state index contributed by atoms with van der Waals surface area (Å²) in [6.07, 6.45) is 1.64. The Morgan fingerprint density at radius 2 is 1.92 bits per heavy atom. The third kappa shape index (κ3) is 2.60. The van der Waals surface area contributed by atoms with E-state index in [0.717, 1.165) is 33.6 Å². The molecule has 1 aliphatic heterocycles. The number of carbonyl (C=O) groups is 1. The zero-order valence-electron chi connectivity index (χ0n) is 14.2. The smallest absolute Gasteiger partial charge is 0.414 e. The summed E-state index contributed by atoms with van der Waals surface area (Å²) in [5.41, 5.74) is 3.76. The number of fused-ring (bicyclic) bond motifs is 2. The van der Waals surface area contributed by atoms with Crippen molar-refractivity contribution < 1.29 is 13.9 Å². The molecule has 0 fully saturated rings. The highest BCUT2D eigenvalue weighted by Gasteiger charge is 2.35. The molecule has 0 radical (unpaired) electrons. The van der Waals surface area contributed by atoms with E-state index in [4.69, 9.17) is 9.15 Å². The molecule has 4 rings (SSSR count). The van der Waals surface area contributed by atoms with Crippen LogP contribution in [0.5, 0.6) is 0 Å². The normalized spacial score (nSPS) is 16.5. The lowest BCUT2D eigenvalue weighted by atomic mass is 9.92. The van der Waals surface area contributed by atoms with Gasteiger partial charge in [-0.1, -0.05) is 42.5 Å². The molecule has 1 atom stereocenters. The monoisotopic (exact) mass is 333 g/mol. The second-order valence-corrected chi connectivity index (χ2v) is 6.07. The molecule has 0 saturated heterocycles. The Morgan fingerprint density at radius 3 is 2.72 bits per heavy atom. The van der Waals surface area contributed by atoms with Gasteiger partial charge in [0.2, 0.25) is 0 Å². The van der Waals surface area contributed by atoms with Gasteiger partial charge in [0, 0.05) is 11.1 Å². The zero-order chi connectivity index (χ0) is 17.4. The number of hydrogen-bond donors (Lipinski definition) is 0. The summed E-state index contributed by atoms with van der Waals surface area (Å²) in [6, 6.07) is 17.6. The lowest BCUT2D eigenvalue weighted by Gasteiger charge is -2.34. The Bertz CT molecular complexity index is 937. The third-order valence-corrected chi connectivity index (χ3v) is 4.47. The van der Waals surface area contributed by atoms with Crippen molar-refractivity contribution in [1.29, 1.82) is 0 Å². The molecule has 0 saturated carbocycles. The summed E-state index contributed by atoms with van der Waals surface area (Å²) in [6.45, 7) is 4.06. The van der Waals surface area contributed by atoms with E-state index < -0.39 is 0 Å². The molecule has 25 heavy (non-hydrogen) atoms. The van der Waals surface area contributed by atoms with Crippen molar-refractivity contribution in [3.63, 3.8) is 0 Å². The summed E-state index contributed by atoms with van der Waals surface area (Å²) >= 11 is 0. The summed E-state index contributed by atoms with van der Waals surface area (Å²) in [5.74, 6) is 0.731. The largest absolute Gasteiger partial charge is 0.458 e. The fourth-order valence-electron chi connectivity index (χ4n) is 3.39. The van der Waals surface area contributed by atoms with Gasteiger partial charge in [-0.25, -0.2) is 4.79 Å². The number of hydrogen-bond acceptors (Lipinski definition) is 3. The molecule has 1 aromatic heterocycles. The molecule has 3 aromatic rings. The molecule has 1 unspecified atom stereocenters. The number of carbonyl (C=O) groups excluding carboxylic acids is 1. The molecule has 0 aliphatic carbocycles. The van der Waals surface area contributed by atoms with E-state index in [-0.39, 0.29) is 12.1 Å². The van der Waals surface area contributed by atoms with Crippen molar-refractivity contribution in [1.82, 2.24) is 4.90 Å². The number of allylic oxidation sites excluding steroid dienone is 1. The predicted octanol–water partition coefficient (Wildman–Crippen LogP) is 5.36. The van der Waals surface area contributed by atoms with Crippen LogP contribution < -0.4 is 0 Å². The fourth-order valence-corrected chi connectivity index (χ4v) is 3.39. The molecule has 0 spiro atoms. The highest BCUT2D eigenvalue weighted by Crippen LogP contribution is 2.40. The highest BCUT2D eigenvalue weighted by molar-refractivity contribution is 5.80. The van der Waals surface area contributed by atoms with Crippen LogP contribution in [0.15, 0.2) is 64.7 Å². The summed E-state index contributed by atoms with van der Waals surface area (Å²) in [4.78, 5) is 14.3. The Labute approximate surface area is 146 Å². The van der Waals surface area contributed by atoms with Crippen LogP contribution in [-0.4, -0.2) is 17.6 Å². The van der Waals surface area contributed by atoms with Gasteiger partial charge >= 0.3 is 6.09 Å². The Hall–Kier alpha value is -3.01. The minimum Gasteiger partial charge on any atom is -0.458 e. The summed E-state index contributed by atoms with van der Waals surface area (Å²) < 4.78 is 11.4. The molecule has 1 amide bonds. The van der Waals surface area contributed by atoms with E-state index in [1.165, 1.54) is 0 Å². The first-order chi connectivity index (χ1) is 12.2. The van der Waals surface area contributed by atoms with Gasteiger partial charge in [0.15, 0.2) is 0 Å². The van der Waals surface area contributed by atoms with Gasteiger partial charge in [-0.05, 0) is 43.2 Å². The number of amides is 1. The van der Waals surface area contributed by atoms with E-state index in [0.29, 0.717) is 6.61 Å². The second kappa shape index (κ2) is 6.13. The van der Waals surface area contributed by atoms with E-state index in [9.17, 15) is 4.79 Å². The fraction of sp³-hybridized carbons (Fsp3) is 0.190. The maximum atomic E-state index is 12.6. The molecule has 2 heterocycles. The van der Waals surface area contributed by atoms with E-state index in [1.807, 2.05) is 68.5 Å². The Morgan fingerprint density at radius 1 is 1.16 bits per heavy atom. The highest BCUT2D eigenvalue weighted by atomic mass is 16.6. The van der Waals surface area contributed by atoms with Gasteiger partial charge in [-0.3, -0.25) is 4.90 Å². The average Bonchev–Trinajstić information content (AvgIpc) is 3.04. The number of para-hydroxylation sites is 1. The molecule has 0 N–H and O–H groups in total. The van der Waals surface area contributed by atoms with Gasteiger partial charge in [0.25, 0.3) is 0 Å². The van der Waals surface area contributed by atoms with Crippen molar-refractivity contribution >= 4 is 23.1 Å². The van der Waals surface area contributed by atoms with E-state index in [2.05, 4.69) is 6.07 Å². The Balaban J connectivity index is 1.90. The molecule has 1 aliphatic rings. The number of nitrogens with zero attached hydrogens (tertiary/aromatic N) is 1. The molecular formula is C21H19NO3. The van der Waals surface area contributed by atoms with Crippen molar-refractivity contribution in [2.24, 2.45) is 0 Å². The third-order valence-electron chi connectivity index (χ3n) is 4.47. The quantitative estimate of drug-likeness (QED) is 0.634. The Kier molecular flexibility index (Phi) is 3.80. The lowest BCUT2D eigenvalue weighted by molar-refractivity contribution is 0.106. The van der Waals surface area contributed by atoms with Crippen molar-refractivity contribution in [3.05, 3.63) is 77.2 Å². The van der Waals surface area contributed by atoms with Gasteiger partial charge < -0.3 is 9.15 Å². The van der Waals surface area contributed by atoms with Crippen LogP contribution in [0, 0.1) is 0 Å². The maximum absolute atomic E-state index is 12.6. The van der Waals surface area contributed by atoms with Crippen LogP contribution in [0.3, 0.4) is 0 Å². The summed E-state index contributed by atoms with van der Waals surface area (Å²) in [5, 5.41) is 1.02. The molecule has 4 heteroatoms. The molecule has 126 valence electrons. The minimum absolute atomic E-state index is 0.330. The topological polar surface area (TPSA) is 42.7 Å². The number of ether oxygens (including phenoxy) is 1. The van der Waals surface area contributed by atoms with Crippen LogP contribution >= 0.6 is 0 Å². The van der Waals surface area contributed by atoms with Gasteiger partial charge in [0.1, 0.15) is 17.4 Å². The molecule has 4 nitrogen and oxygen atoms in total. The molecular weight excluding hydrogens is 314 g/mol. The van der Waals surface area contributed by atoms with Gasteiger partial charge in [-0.15, -0.1) is 0 Å². The van der Waals surface area contributed by atoms with Crippen LogP contribution in [0.2, 0.25) is 0 Å². The first-order valence-corrected chi connectivity index (χ1v) is 8.40. The predicted molar refractivity (Wildman–Crippen MR) is 97.0 cm³/mol. The zero-order valence-corrected chi connectivity index (χ0v) is 14.2. The van der Waals surface area contributed by atoms with Gasteiger partial charge in [-0.2, -0.15) is 0 Å².